The number of hydrogen-bond donors (Lipinski definition) is 2. The van der Waals surface area contributed by atoms with E-state index in [0.717, 1.165) is 6.42 Å². The Morgan fingerprint density at radius 2 is 2.07 bits per heavy atom. The lowest BCUT2D eigenvalue weighted by atomic mass is 9.88. The molecule has 2 atom stereocenters. The van der Waals surface area contributed by atoms with Crippen molar-refractivity contribution in [3.8, 4) is 0 Å². The molecule has 0 bridgehead atoms. The summed E-state index contributed by atoms with van der Waals surface area (Å²) in [6, 6.07) is 0.407. The zero-order valence-electron chi connectivity index (χ0n) is 9.97. The molecule has 2 heteroatoms. The normalized spacial score (nSPS) is 15.1. The topological polar surface area (TPSA) is 38.0 Å². The molecule has 0 spiro atoms. The van der Waals surface area contributed by atoms with E-state index in [1.165, 1.54) is 31.3 Å². The molecule has 0 radical (unpaired) electrons. The second-order valence-electron chi connectivity index (χ2n) is 4.24. The molecule has 14 heavy (non-hydrogen) atoms. The van der Waals surface area contributed by atoms with Gasteiger partial charge >= 0.3 is 0 Å². The summed E-state index contributed by atoms with van der Waals surface area (Å²) in [4.78, 5) is 0. The fraction of sp³-hybridized carbons (Fsp3) is 0.833. The van der Waals surface area contributed by atoms with Gasteiger partial charge in [0.2, 0.25) is 0 Å². The first-order valence-corrected chi connectivity index (χ1v) is 5.76. The average Bonchev–Trinajstić information content (AvgIpc) is 2.16. The highest BCUT2D eigenvalue weighted by Gasteiger charge is 2.17. The van der Waals surface area contributed by atoms with Crippen molar-refractivity contribution in [1.29, 1.82) is 0 Å². The van der Waals surface area contributed by atoms with Crippen molar-refractivity contribution in [1.82, 2.24) is 5.43 Å². The van der Waals surface area contributed by atoms with Gasteiger partial charge < -0.3 is 0 Å². The van der Waals surface area contributed by atoms with Crippen molar-refractivity contribution < 1.29 is 0 Å². The van der Waals surface area contributed by atoms with Gasteiger partial charge in [0.15, 0.2) is 0 Å². The van der Waals surface area contributed by atoms with Crippen LogP contribution >= 0.6 is 0 Å². The minimum Gasteiger partial charge on any atom is -0.271 e. The van der Waals surface area contributed by atoms with Crippen LogP contribution in [0.2, 0.25) is 0 Å². The van der Waals surface area contributed by atoms with E-state index in [1.54, 1.807) is 0 Å². The summed E-state index contributed by atoms with van der Waals surface area (Å²) < 4.78 is 0. The van der Waals surface area contributed by atoms with Crippen LogP contribution in [0.4, 0.5) is 0 Å². The third-order valence-electron chi connectivity index (χ3n) is 2.80. The van der Waals surface area contributed by atoms with E-state index in [9.17, 15) is 0 Å². The van der Waals surface area contributed by atoms with Crippen molar-refractivity contribution in [2.45, 2.75) is 58.9 Å². The van der Waals surface area contributed by atoms with Gasteiger partial charge in [-0.05, 0) is 25.7 Å². The van der Waals surface area contributed by atoms with Crippen LogP contribution in [0.3, 0.4) is 0 Å². The maximum absolute atomic E-state index is 5.58. The Bertz CT molecular complexity index is 154. The molecule has 0 aromatic carbocycles. The van der Waals surface area contributed by atoms with Gasteiger partial charge in [-0.15, -0.1) is 6.58 Å². The summed E-state index contributed by atoms with van der Waals surface area (Å²) in [7, 11) is 0. The number of unbranched alkanes of at least 4 members (excludes halogenated alkanes) is 1. The molecule has 0 saturated carbocycles. The highest BCUT2D eigenvalue weighted by Crippen LogP contribution is 2.20. The Labute approximate surface area is 88.9 Å². The predicted octanol–water partition coefficient (Wildman–Crippen LogP) is 3.00. The third kappa shape index (κ3) is 5.40. The van der Waals surface area contributed by atoms with Crippen LogP contribution in [0.15, 0.2) is 12.2 Å². The highest BCUT2D eigenvalue weighted by atomic mass is 15.2. The van der Waals surface area contributed by atoms with Gasteiger partial charge in [-0.1, -0.05) is 38.7 Å². The lowest BCUT2D eigenvalue weighted by molar-refractivity contribution is 0.318. The summed E-state index contributed by atoms with van der Waals surface area (Å²) in [5, 5.41) is 0. The van der Waals surface area contributed by atoms with E-state index < -0.39 is 0 Å². The Balaban J connectivity index is 4.06. The summed E-state index contributed by atoms with van der Waals surface area (Å²) in [6.45, 7) is 10.5. The quantitative estimate of drug-likeness (QED) is 0.357. The largest absolute Gasteiger partial charge is 0.271 e. The lowest BCUT2D eigenvalue weighted by Gasteiger charge is -2.25. The van der Waals surface area contributed by atoms with Crippen LogP contribution in [-0.4, -0.2) is 6.04 Å². The van der Waals surface area contributed by atoms with Crippen molar-refractivity contribution in [3.63, 3.8) is 0 Å². The third-order valence-corrected chi connectivity index (χ3v) is 2.80. The molecule has 0 aromatic rings. The molecule has 0 aliphatic rings. The molecule has 0 amide bonds. The van der Waals surface area contributed by atoms with Gasteiger partial charge in [0, 0.05) is 6.04 Å². The summed E-state index contributed by atoms with van der Waals surface area (Å²) in [5.74, 6) is 6.27. The summed E-state index contributed by atoms with van der Waals surface area (Å²) in [5.41, 5.74) is 4.14. The second kappa shape index (κ2) is 8.01. The van der Waals surface area contributed by atoms with E-state index in [2.05, 4.69) is 32.8 Å². The van der Waals surface area contributed by atoms with Crippen LogP contribution in [0.25, 0.3) is 0 Å². The van der Waals surface area contributed by atoms with E-state index >= 15 is 0 Å². The zero-order chi connectivity index (χ0) is 11.0. The van der Waals surface area contributed by atoms with E-state index in [0.29, 0.717) is 12.0 Å². The first-order valence-electron chi connectivity index (χ1n) is 5.76. The van der Waals surface area contributed by atoms with Gasteiger partial charge in [0.1, 0.15) is 0 Å². The van der Waals surface area contributed by atoms with Crippen molar-refractivity contribution in [2.75, 3.05) is 0 Å². The molecule has 0 aliphatic carbocycles. The molecule has 0 heterocycles. The maximum atomic E-state index is 5.58. The highest BCUT2D eigenvalue weighted by molar-refractivity contribution is 4.94. The van der Waals surface area contributed by atoms with Crippen molar-refractivity contribution in [3.05, 3.63) is 12.2 Å². The van der Waals surface area contributed by atoms with E-state index in [-0.39, 0.29) is 0 Å². The molecular formula is C12H26N2. The molecule has 0 rings (SSSR count). The van der Waals surface area contributed by atoms with Crippen LogP contribution in [-0.2, 0) is 0 Å². The van der Waals surface area contributed by atoms with Gasteiger partial charge in [-0.3, -0.25) is 11.3 Å². The molecule has 2 unspecified atom stereocenters. The van der Waals surface area contributed by atoms with Crippen LogP contribution in [0.5, 0.6) is 0 Å². The number of nitrogens with two attached hydrogens (primary N) is 1. The van der Waals surface area contributed by atoms with Crippen molar-refractivity contribution >= 4 is 0 Å². The Morgan fingerprint density at radius 1 is 1.43 bits per heavy atom. The molecule has 0 aliphatic heterocycles. The van der Waals surface area contributed by atoms with Gasteiger partial charge in [-0.2, -0.15) is 0 Å². The smallest absolute Gasteiger partial charge is 0.0275 e. The monoisotopic (exact) mass is 198 g/mol. The molecule has 0 aromatic heterocycles. The van der Waals surface area contributed by atoms with Crippen molar-refractivity contribution in [2.24, 2.45) is 11.8 Å². The van der Waals surface area contributed by atoms with Crippen LogP contribution < -0.4 is 11.3 Å². The van der Waals surface area contributed by atoms with Gasteiger partial charge in [-0.25, -0.2) is 0 Å². The zero-order valence-corrected chi connectivity index (χ0v) is 9.97. The number of hydrazine groups is 1. The SMILES string of the molecule is C=C(C)CC(NN)C(CC)CCCC. The summed E-state index contributed by atoms with van der Waals surface area (Å²) >= 11 is 0. The Hall–Kier alpha value is -0.340. The molecule has 0 saturated heterocycles. The number of nitrogens with one attached hydrogen (secondary N) is 1. The fourth-order valence-corrected chi connectivity index (χ4v) is 1.89. The molecule has 0 fully saturated rings. The first-order chi connectivity index (χ1) is 6.65. The van der Waals surface area contributed by atoms with Gasteiger partial charge in [0.05, 0.1) is 0 Å². The number of hydrogen-bond acceptors (Lipinski definition) is 2. The molecule has 2 nitrogen and oxygen atoms in total. The van der Waals surface area contributed by atoms with E-state index in [4.69, 9.17) is 5.84 Å². The standard InChI is InChI=1S/C12H26N2/c1-5-7-8-11(6-2)12(14-13)9-10(3)4/h11-12,14H,3,5-9,13H2,1-2,4H3. The molecule has 3 N–H and O–H groups in total. The van der Waals surface area contributed by atoms with Crippen LogP contribution in [0, 0.1) is 5.92 Å². The Kier molecular flexibility index (Phi) is 7.81. The van der Waals surface area contributed by atoms with E-state index in [1.807, 2.05) is 0 Å². The maximum Gasteiger partial charge on any atom is 0.0275 e. The fourth-order valence-electron chi connectivity index (χ4n) is 1.89. The molecular weight excluding hydrogens is 172 g/mol. The Morgan fingerprint density at radius 3 is 2.43 bits per heavy atom. The minimum atomic E-state index is 0.407. The summed E-state index contributed by atoms with van der Waals surface area (Å²) in [6.07, 6.45) is 6.03. The van der Waals surface area contributed by atoms with Crippen LogP contribution in [0.1, 0.15) is 52.9 Å². The number of rotatable bonds is 8. The average molecular weight is 198 g/mol. The first kappa shape index (κ1) is 13.7. The van der Waals surface area contributed by atoms with Gasteiger partial charge in [0.25, 0.3) is 0 Å². The molecule has 84 valence electrons. The second-order valence-corrected chi connectivity index (χ2v) is 4.24. The minimum absolute atomic E-state index is 0.407. The predicted molar refractivity (Wildman–Crippen MR) is 63.8 cm³/mol. The lowest BCUT2D eigenvalue weighted by Crippen LogP contribution is -2.40.